The van der Waals surface area contributed by atoms with Crippen LogP contribution in [-0.2, 0) is 15.1 Å². The zero-order valence-corrected chi connectivity index (χ0v) is 14.5. The van der Waals surface area contributed by atoms with Crippen molar-refractivity contribution in [3.8, 4) is 0 Å². The SMILES string of the molecule is CN(C)[C@]1(c2ccccn2)CC[C@@]2(CC1)CC(=O)N(CC(N)=O)C2. The van der Waals surface area contributed by atoms with Crippen molar-refractivity contribution in [1.29, 1.82) is 0 Å². The number of pyridine rings is 1. The number of nitrogens with zero attached hydrogens (tertiary/aromatic N) is 3. The molecule has 2 heterocycles. The van der Waals surface area contributed by atoms with Gasteiger partial charge in [-0.25, -0.2) is 0 Å². The fraction of sp³-hybridized carbons (Fsp3) is 0.611. The molecule has 1 aliphatic carbocycles. The first kappa shape index (κ1) is 16.9. The van der Waals surface area contributed by atoms with Crippen LogP contribution in [0.1, 0.15) is 37.8 Å². The first-order chi connectivity index (χ1) is 11.4. The Kier molecular flexibility index (Phi) is 4.34. The van der Waals surface area contributed by atoms with E-state index in [9.17, 15) is 9.59 Å². The minimum absolute atomic E-state index is 0.0131. The van der Waals surface area contributed by atoms with Crippen molar-refractivity contribution >= 4 is 11.8 Å². The van der Waals surface area contributed by atoms with E-state index >= 15 is 0 Å². The Bertz CT molecular complexity index is 621. The number of rotatable bonds is 4. The van der Waals surface area contributed by atoms with Crippen LogP contribution in [0, 0.1) is 5.41 Å². The van der Waals surface area contributed by atoms with E-state index < -0.39 is 5.91 Å². The first-order valence-corrected chi connectivity index (χ1v) is 8.52. The van der Waals surface area contributed by atoms with Gasteiger partial charge in [0, 0.05) is 19.2 Å². The molecule has 0 atom stereocenters. The number of aromatic nitrogens is 1. The maximum Gasteiger partial charge on any atom is 0.237 e. The van der Waals surface area contributed by atoms with Crippen LogP contribution in [0.3, 0.4) is 0 Å². The maximum atomic E-state index is 12.2. The van der Waals surface area contributed by atoms with Gasteiger partial charge in [-0.15, -0.1) is 0 Å². The van der Waals surface area contributed by atoms with E-state index in [2.05, 4.69) is 30.0 Å². The lowest BCUT2D eigenvalue weighted by molar-refractivity contribution is -0.132. The number of hydrogen-bond donors (Lipinski definition) is 1. The number of amides is 2. The van der Waals surface area contributed by atoms with E-state index in [1.165, 1.54) is 0 Å². The lowest BCUT2D eigenvalue weighted by Gasteiger charge is -2.48. The topological polar surface area (TPSA) is 79.5 Å². The Morgan fingerprint density at radius 2 is 2.00 bits per heavy atom. The number of hydrogen-bond acceptors (Lipinski definition) is 4. The third-order valence-electron chi connectivity index (χ3n) is 5.89. The van der Waals surface area contributed by atoms with Crippen LogP contribution in [0.5, 0.6) is 0 Å². The van der Waals surface area contributed by atoms with E-state index in [4.69, 9.17) is 5.73 Å². The van der Waals surface area contributed by atoms with Crippen LogP contribution in [-0.4, -0.2) is 53.8 Å². The summed E-state index contributed by atoms with van der Waals surface area (Å²) in [5, 5.41) is 0. The van der Waals surface area contributed by atoms with Crippen LogP contribution in [0.25, 0.3) is 0 Å². The molecule has 1 spiro atoms. The molecule has 1 saturated heterocycles. The summed E-state index contributed by atoms with van der Waals surface area (Å²) >= 11 is 0. The molecule has 2 N–H and O–H groups in total. The van der Waals surface area contributed by atoms with Gasteiger partial charge in [0.15, 0.2) is 0 Å². The molecule has 2 aliphatic rings. The molecule has 2 fully saturated rings. The molecule has 24 heavy (non-hydrogen) atoms. The van der Waals surface area contributed by atoms with Gasteiger partial charge in [-0.3, -0.25) is 19.5 Å². The second-order valence-electron chi connectivity index (χ2n) is 7.53. The third kappa shape index (κ3) is 2.90. The molecule has 1 saturated carbocycles. The summed E-state index contributed by atoms with van der Waals surface area (Å²) in [4.78, 5) is 31.9. The van der Waals surface area contributed by atoms with Crippen LogP contribution in [0.2, 0.25) is 0 Å². The Balaban J connectivity index is 1.77. The Hall–Kier alpha value is -1.95. The summed E-state index contributed by atoms with van der Waals surface area (Å²) in [6.07, 6.45) is 6.24. The van der Waals surface area contributed by atoms with E-state index in [0.29, 0.717) is 13.0 Å². The molecule has 2 amide bonds. The van der Waals surface area contributed by atoms with E-state index in [0.717, 1.165) is 31.4 Å². The molecule has 6 heteroatoms. The largest absolute Gasteiger partial charge is 0.368 e. The van der Waals surface area contributed by atoms with Crippen molar-refractivity contribution < 1.29 is 9.59 Å². The van der Waals surface area contributed by atoms with E-state index in [1.54, 1.807) is 4.90 Å². The maximum absolute atomic E-state index is 12.2. The Morgan fingerprint density at radius 1 is 1.29 bits per heavy atom. The van der Waals surface area contributed by atoms with E-state index in [1.807, 2.05) is 18.3 Å². The van der Waals surface area contributed by atoms with Crippen molar-refractivity contribution in [2.24, 2.45) is 11.1 Å². The molecule has 0 bridgehead atoms. The quantitative estimate of drug-likeness (QED) is 0.897. The molecule has 0 unspecified atom stereocenters. The number of carbonyl (C=O) groups excluding carboxylic acids is 2. The van der Waals surface area contributed by atoms with Gasteiger partial charge < -0.3 is 10.6 Å². The minimum atomic E-state index is -0.438. The average molecular weight is 330 g/mol. The molecular formula is C18H26N4O2. The zero-order chi connectivity index (χ0) is 17.4. The monoisotopic (exact) mass is 330 g/mol. The highest BCUT2D eigenvalue weighted by Crippen LogP contribution is 2.51. The van der Waals surface area contributed by atoms with Gasteiger partial charge in [-0.05, 0) is 57.3 Å². The summed E-state index contributed by atoms with van der Waals surface area (Å²) < 4.78 is 0. The fourth-order valence-electron chi connectivity index (χ4n) is 4.41. The number of likely N-dealkylation sites (tertiary alicyclic amines) is 1. The highest BCUT2D eigenvalue weighted by molar-refractivity contribution is 5.85. The fourth-order valence-corrected chi connectivity index (χ4v) is 4.41. The molecule has 0 aromatic carbocycles. The van der Waals surface area contributed by atoms with Gasteiger partial charge in [0.2, 0.25) is 11.8 Å². The average Bonchev–Trinajstić information content (AvgIpc) is 2.84. The first-order valence-electron chi connectivity index (χ1n) is 8.52. The highest BCUT2D eigenvalue weighted by Gasteiger charge is 2.50. The second kappa shape index (κ2) is 6.16. The van der Waals surface area contributed by atoms with Crippen molar-refractivity contribution in [2.45, 2.75) is 37.6 Å². The molecule has 130 valence electrons. The molecule has 6 nitrogen and oxygen atoms in total. The van der Waals surface area contributed by atoms with Crippen LogP contribution in [0.4, 0.5) is 0 Å². The van der Waals surface area contributed by atoms with Gasteiger partial charge in [-0.2, -0.15) is 0 Å². The second-order valence-corrected chi connectivity index (χ2v) is 7.53. The lowest BCUT2D eigenvalue weighted by atomic mass is 9.65. The van der Waals surface area contributed by atoms with Gasteiger partial charge in [0.25, 0.3) is 0 Å². The standard InChI is InChI=1S/C18H26N4O2/c1-21(2)18(14-5-3-4-10-20-14)8-6-17(7-9-18)11-16(24)22(13-17)12-15(19)23/h3-5,10H,6-9,11-13H2,1-2H3,(H2,19,23)/t17-,18-. The third-order valence-corrected chi connectivity index (χ3v) is 5.89. The van der Waals surface area contributed by atoms with Crippen LogP contribution >= 0.6 is 0 Å². The zero-order valence-electron chi connectivity index (χ0n) is 14.5. The Labute approximate surface area is 143 Å². The predicted octanol–water partition coefficient (Wildman–Crippen LogP) is 1.12. The Morgan fingerprint density at radius 3 is 2.54 bits per heavy atom. The van der Waals surface area contributed by atoms with Crippen LogP contribution in [0.15, 0.2) is 24.4 Å². The minimum Gasteiger partial charge on any atom is -0.368 e. The summed E-state index contributed by atoms with van der Waals surface area (Å²) in [6, 6.07) is 6.07. The van der Waals surface area contributed by atoms with Crippen LogP contribution < -0.4 is 5.73 Å². The van der Waals surface area contributed by atoms with Crippen molar-refractivity contribution in [3.05, 3.63) is 30.1 Å². The summed E-state index contributed by atoms with van der Waals surface area (Å²) in [5.74, 6) is -0.378. The number of nitrogens with two attached hydrogens (primary N) is 1. The summed E-state index contributed by atoms with van der Waals surface area (Å²) in [6.45, 7) is 0.695. The summed E-state index contributed by atoms with van der Waals surface area (Å²) in [7, 11) is 4.21. The van der Waals surface area contributed by atoms with E-state index in [-0.39, 0.29) is 23.4 Å². The molecule has 3 rings (SSSR count). The smallest absolute Gasteiger partial charge is 0.237 e. The number of primary amides is 1. The highest BCUT2D eigenvalue weighted by atomic mass is 16.2. The van der Waals surface area contributed by atoms with Crippen molar-refractivity contribution in [3.63, 3.8) is 0 Å². The molecular weight excluding hydrogens is 304 g/mol. The van der Waals surface area contributed by atoms with Gasteiger partial charge in [-0.1, -0.05) is 6.07 Å². The lowest BCUT2D eigenvalue weighted by Crippen LogP contribution is -2.48. The molecule has 1 aliphatic heterocycles. The van der Waals surface area contributed by atoms with Gasteiger partial charge in [0.1, 0.15) is 0 Å². The predicted molar refractivity (Wildman–Crippen MR) is 90.9 cm³/mol. The molecule has 1 aromatic heterocycles. The van der Waals surface area contributed by atoms with Gasteiger partial charge in [0.05, 0.1) is 17.8 Å². The van der Waals surface area contributed by atoms with Crippen molar-refractivity contribution in [2.75, 3.05) is 27.2 Å². The number of carbonyl (C=O) groups is 2. The molecule has 0 radical (unpaired) electrons. The van der Waals surface area contributed by atoms with Crippen molar-refractivity contribution in [1.82, 2.24) is 14.8 Å². The normalized spacial score (nSPS) is 30.3. The molecule has 1 aromatic rings. The van der Waals surface area contributed by atoms with Gasteiger partial charge >= 0.3 is 0 Å². The summed E-state index contributed by atoms with van der Waals surface area (Å²) in [5.41, 5.74) is 6.27.